The van der Waals surface area contributed by atoms with Crippen LogP contribution in [0.5, 0.6) is 0 Å². The van der Waals surface area contributed by atoms with Crippen molar-refractivity contribution >= 4 is 5.91 Å². The van der Waals surface area contributed by atoms with E-state index in [0.717, 1.165) is 6.42 Å². The average molecular weight is 323 g/mol. The van der Waals surface area contributed by atoms with Gasteiger partial charge in [-0.1, -0.05) is 32.4 Å². The summed E-state index contributed by atoms with van der Waals surface area (Å²) in [4.78, 5) is 12.6. The predicted octanol–water partition coefficient (Wildman–Crippen LogP) is 2.40. The number of rotatable bonds is 8. The molecule has 1 aliphatic rings. The van der Waals surface area contributed by atoms with Gasteiger partial charge >= 0.3 is 0 Å². The molecule has 1 atom stereocenters. The minimum Gasteiger partial charge on any atom is -0.389 e. The van der Waals surface area contributed by atoms with Gasteiger partial charge in [0.2, 0.25) is 5.91 Å². The monoisotopic (exact) mass is 323 g/mol. The summed E-state index contributed by atoms with van der Waals surface area (Å²) in [5.41, 5.74) is 0.0625. The maximum absolute atomic E-state index is 13.5. The molecule has 0 radical (unpaired) electrons. The van der Waals surface area contributed by atoms with Gasteiger partial charge in [-0.3, -0.25) is 4.79 Å². The molecule has 1 amide bonds. The first-order valence-corrected chi connectivity index (χ1v) is 8.24. The van der Waals surface area contributed by atoms with E-state index in [9.17, 15) is 14.3 Å². The molecule has 0 heterocycles. The number of ether oxygens (including phenoxy) is 1. The van der Waals surface area contributed by atoms with Crippen molar-refractivity contribution in [3.8, 4) is 0 Å². The van der Waals surface area contributed by atoms with Crippen LogP contribution in [0, 0.1) is 11.7 Å². The van der Waals surface area contributed by atoms with Gasteiger partial charge in [0.15, 0.2) is 0 Å². The standard InChI is InChI=1S/C18H26FNO3/c1-13(2)11-23-12-16(21)10-20-17(22)18(7-4-8-18)14-5-3-6-15(19)9-14/h3,5-6,9,13,16,21H,4,7-8,10-12H2,1-2H3,(H,20,22). The Bertz CT molecular complexity index is 529. The highest BCUT2D eigenvalue weighted by Crippen LogP contribution is 2.44. The summed E-state index contributed by atoms with van der Waals surface area (Å²) in [6.45, 7) is 5.00. The number of hydrogen-bond donors (Lipinski definition) is 2. The van der Waals surface area contributed by atoms with E-state index in [1.165, 1.54) is 12.1 Å². The van der Waals surface area contributed by atoms with Crippen LogP contribution in [0.15, 0.2) is 24.3 Å². The van der Waals surface area contributed by atoms with Gasteiger partial charge in [-0.05, 0) is 36.5 Å². The summed E-state index contributed by atoms with van der Waals surface area (Å²) in [5, 5.41) is 12.7. The lowest BCUT2D eigenvalue weighted by atomic mass is 9.64. The molecule has 1 aliphatic carbocycles. The highest BCUT2D eigenvalue weighted by molar-refractivity contribution is 5.89. The number of benzene rings is 1. The van der Waals surface area contributed by atoms with Gasteiger partial charge in [0.25, 0.3) is 0 Å². The molecule has 2 rings (SSSR count). The van der Waals surface area contributed by atoms with Crippen LogP contribution in [0.4, 0.5) is 4.39 Å². The van der Waals surface area contributed by atoms with Crippen molar-refractivity contribution in [2.45, 2.75) is 44.6 Å². The van der Waals surface area contributed by atoms with Gasteiger partial charge in [-0.2, -0.15) is 0 Å². The van der Waals surface area contributed by atoms with E-state index in [4.69, 9.17) is 4.74 Å². The maximum atomic E-state index is 13.5. The van der Waals surface area contributed by atoms with Crippen LogP contribution < -0.4 is 5.32 Å². The van der Waals surface area contributed by atoms with Crippen LogP contribution in [0.1, 0.15) is 38.7 Å². The Hall–Kier alpha value is -1.46. The van der Waals surface area contributed by atoms with Crippen LogP contribution in [0.25, 0.3) is 0 Å². The quantitative estimate of drug-likeness (QED) is 0.772. The zero-order chi connectivity index (χ0) is 16.9. The van der Waals surface area contributed by atoms with Crippen molar-refractivity contribution in [1.29, 1.82) is 0 Å². The highest BCUT2D eigenvalue weighted by Gasteiger charge is 2.45. The van der Waals surface area contributed by atoms with Crippen molar-refractivity contribution in [3.05, 3.63) is 35.6 Å². The summed E-state index contributed by atoms with van der Waals surface area (Å²) >= 11 is 0. The first kappa shape index (κ1) is 17.9. The second kappa shape index (κ2) is 7.88. The topological polar surface area (TPSA) is 58.6 Å². The van der Waals surface area contributed by atoms with Gasteiger partial charge < -0.3 is 15.2 Å². The summed E-state index contributed by atoms with van der Waals surface area (Å²) in [6, 6.07) is 6.24. The number of aliphatic hydroxyl groups excluding tert-OH is 1. The number of nitrogens with one attached hydrogen (secondary N) is 1. The SMILES string of the molecule is CC(C)COCC(O)CNC(=O)C1(c2cccc(F)c2)CCC1. The lowest BCUT2D eigenvalue weighted by molar-refractivity contribution is -0.130. The molecule has 23 heavy (non-hydrogen) atoms. The fourth-order valence-corrected chi connectivity index (χ4v) is 2.84. The minimum absolute atomic E-state index is 0.141. The summed E-state index contributed by atoms with van der Waals surface area (Å²) < 4.78 is 18.8. The Morgan fingerprint density at radius 2 is 2.13 bits per heavy atom. The molecule has 1 saturated carbocycles. The first-order valence-electron chi connectivity index (χ1n) is 8.24. The van der Waals surface area contributed by atoms with E-state index in [1.807, 2.05) is 13.8 Å². The normalized spacial score (nSPS) is 17.6. The molecule has 1 aromatic rings. The molecule has 1 fully saturated rings. The fraction of sp³-hybridized carbons (Fsp3) is 0.611. The van der Waals surface area contributed by atoms with Crippen LogP contribution >= 0.6 is 0 Å². The average Bonchev–Trinajstić information content (AvgIpc) is 2.43. The molecule has 4 nitrogen and oxygen atoms in total. The third kappa shape index (κ3) is 4.52. The van der Waals surface area contributed by atoms with E-state index < -0.39 is 11.5 Å². The van der Waals surface area contributed by atoms with Gasteiger partial charge in [-0.25, -0.2) is 4.39 Å². The number of amides is 1. The molecule has 0 saturated heterocycles. The third-order valence-electron chi connectivity index (χ3n) is 4.28. The van der Waals surface area contributed by atoms with Crippen molar-refractivity contribution in [2.75, 3.05) is 19.8 Å². The van der Waals surface area contributed by atoms with E-state index in [2.05, 4.69) is 5.32 Å². The van der Waals surface area contributed by atoms with Gasteiger partial charge in [0.05, 0.1) is 18.1 Å². The second-order valence-corrected chi connectivity index (χ2v) is 6.74. The Morgan fingerprint density at radius 1 is 1.39 bits per heavy atom. The van der Waals surface area contributed by atoms with E-state index in [-0.39, 0.29) is 24.9 Å². The van der Waals surface area contributed by atoms with Gasteiger partial charge in [0.1, 0.15) is 5.82 Å². The number of hydrogen-bond acceptors (Lipinski definition) is 3. The van der Waals surface area contributed by atoms with Crippen molar-refractivity contribution in [2.24, 2.45) is 5.92 Å². The molecule has 0 aromatic heterocycles. The Balaban J connectivity index is 1.88. The van der Waals surface area contributed by atoms with E-state index in [1.54, 1.807) is 12.1 Å². The predicted molar refractivity (Wildman–Crippen MR) is 86.6 cm³/mol. The molecule has 128 valence electrons. The summed E-state index contributed by atoms with van der Waals surface area (Å²) in [6.07, 6.45) is 1.64. The Labute approximate surface area is 137 Å². The number of carbonyl (C=O) groups is 1. The lowest BCUT2D eigenvalue weighted by Gasteiger charge is -2.41. The lowest BCUT2D eigenvalue weighted by Crippen LogP contribution is -2.51. The molecule has 0 aliphatic heterocycles. The number of carbonyl (C=O) groups excluding carboxylic acids is 1. The van der Waals surface area contributed by atoms with E-state index >= 15 is 0 Å². The van der Waals surface area contributed by atoms with Crippen molar-refractivity contribution in [3.63, 3.8) is 0 Å². The molecule has 0 spiro atoms. The zero-order valence-corrected chi connectivity index (χ0v) is 13.8. The molecule has 1 aromatic carbocycles. The number of halogens is 1. The Morgan fingerprint density at radius 3 is 2.70 bits per heavy atom. The smallest absolute Gasteiger partial charge is 0.230 e. The zero-order valence-electron chi connectivity index (χ0n) is 13.8. The molecular formula is C18H26FNO3. The summed E-state index contributed by atoms with van der Waals surface area (Å²) in [5.74, 6) is -0.0658. The third-order valence-corrected chi connectivity index (χ3v) is 4.28. The van der Waals surface area contributed by atoms with Crippen molar-refractivity contribution < 1.29 is 19.0 Å². The summed E-state index contributed by atoms with van der Waals surface area (Å²) in [7, 11) is 0. The van der Waals surface area contributed by atoms with Gasteiger partial charge in [0, 0.05) is 13.2 Å². The molecular weight excluding hydrogens is 297 g/mol. The maximum Gasteiger partial charge on any atom is 0.230 e. The molecule has 2 N–H and O–H groups in total. The van der Waals surface area contributed by atoms with Gasteiger partial charge in [-0.15, -0.1) is 0 Å². The van der Waals surface area contributed by atoms with E-state index in [0.29, 0.717) is 30.9 Å². The molecule has 1 unspecified atom stereocenters. The molecule has 0 bridgehead atoms. The minimum atomic E-state index is -0.734. The second-order valence-electron chi connectivity index (χ2n) is 6.74. The fourth-order valence-electron chi connectivity index (χ4n) is 2.84. The molecule has 5 heteroatoms. The van der Waals surface area contributed by atoms with Crippen LogP contribution in [-0.2, 0) is 14.9 Å². The Kier molecular flexibility index (Phi) is 6.13. The van der Waals surface area contributed by atoms with Crippen molar-refractivity contribution in [1.82, 2.24) is 5.32 Å². The highest BCUT2D eigenvalue weighted by atomic mass is 19.1. The van der Waals surface area contributed by atoms with Crippen LogP contribution in [-0.4, -0.2) is 36.9 Å². The number of aliphatic hydroxyl groups is 1. The van der Waals surface area contributed by atoms with Crippen LogP contribution in [0.3, 0.4) is 0 Å². The first-order chi connectivity index (χ1) is 10.9. The largest absolute Gasteiger partial charge is 0.389 e. The van der Waals surface area contributed by atoms with Crippen LogP contribution in [0.2, 0.25) is 0 Å².